The molecule has 2 aliphatic heterocycles. The van der Waals surface area contributed by atoms with Crippen LogP contribution in [0.5, 0.6) is 5.75 Å². The number of hydrogen-bond donors (Lipinski definition) is 1. The Hall–Kier alpha value is -4.25. The van der Waals surface area contributed by atoms with Gasteiger partial charge in [0, 0.05) is 31.7 Å². The number of thioether (sulfide) groups is 1. The number of rotatable bonds is 4. The van der Waals surface area contributed by atoms with E-state index in [2.05, 4.69) is 15.3 Å². The van der Waals surface area contributed by atoms with Crippen molar-refractivity contribution in [3.05, 3.63) is 77.2 Å². The molecule has 3 amide bonds. The molecule has 0 unspecified atom stereocenters. The SMILES string of the molecule is O=C1NC(=O)/C(=C/c2ccc(F)c(-c3cncc(N4CCCN(C(=O)Oc5ccccc5)CC4)n3)c2)S1. The first-order valence-electron chi connectivity index (χ1n) is 11.6. The first-order valence-corrected chi connectivity index (χ1v) is 12.4. The van der Waals surface area contributed by atoms with Crippen LogP contribution in [0.15, 0.2) is 65.8 Å². The molecule has 2 aliphatic rings. The Morgan fingerprint density at radius 1 is 1.05 bits per heavy atom. The van der Waals surface area contributed by atoms with E-state index in [9.17, 15) is 18.8 Å². The smallest absolute Gasteiger partial charge is 0.410 e. The zero-order chi connectivity index (χ0) is 25.8. The maximum Gasteiger partial charge on any atom is 0.415 e. The lowest BCUT2D eigenvalue weighted by molar-refractivity contribution is -0.115. The van der Waals surface area contributed by atoms with Crippen molar-refractivity contribution >= 4 is 40.9 Å². The molecule has 0 radical (unpaired) electrons. The number of amides is 3. The topological polar surface area (TPSA) is 105 Å². The number of nitrogens with one attached hydrogen (secondary N) is 1. The fraction of sp³-hybridized carbons (Fsp3) is 0.192. The molecule has 2 saturated heterocycles. The number of aromatic nitrogens is 2. The van der Waals surface area contributed by atoms with Crippen molar-refractivity contribution in [1.29, 1.82) is 0 Å². The van der Waals surface area contributed by atoms with Gasteiger partial charge in [0.15, 0.2) is 0 Å². The first-order chi connectivity index (χ1) is 18.0. The summed E-state index contributed by atoms with van der Waals surface area (Å²) in [5, 5.41) is 1.76. The van der Waals surface area contributed by atoms with Crippen LogP contribution >= 0.6 is 11.8 Å². The second kappa shape index (κ2) is 10.8. The molecule has 2 aromatic carbocycles. The van der Waals surface area contributed by atoms with E-state index >= 15 is 0 Å². The molecule has 0 saturated carbocycles. The molecular formula is C26H22FN5O4S. The van der Waals surface area contributed by atoms with Crippen LogP contribution in [0.1, 0.15) is 12.0 Å². The number of ether oxygens (including phenoxy) is 1. The third kappa shape index (κ3) is 5.78. The van der Waals surface area contributed by atoms with Crippen molar-refractivity contribution in [2.75, 3.05) is 31.1 Å². The van der Waals surface area contributed by atoms with Crippen LogP contribution in [0.2, 0.25) is 0 Å². The van der Waals surface area contributed by atoms with Crippen molar-refractivity contribution in [2.45, 2.75) is 6.42 Å². The highest BCUT2D eigenvalue weighted by atomic mass is 32.2. The highest BCUT2D eigenvalue weighted by Crippen LogP contribution is 2.29. The predicted octanol–water partition coefficient (Wildman–Crippen LogP) is 4.32. The second-order valence-corrected chi connectivity index (χ2v) is 9.38. The number of nitrogens with zero attached hydrogens (tertiary/aromatic N) is 4. The van der Waals surface area contributed by atoms with E-state index in [0.717, 1.165) is 11.8 Å². The summed E-state index contributed by atoms with van der Waals surface area (Å²) in [6, 6.07) is 13.3. The molecular weight excluding hydrogens is 497 g/mol. The van der Waals surface area contributed by atoms with Gasteiger partial charge in [-0.05, 0) is 54.1 Å². The van der Waals surface area contributed by atoms with E-state index in [-0.39, 0.29) is 10.5 Å². The number of para-hydroxylation sites is 1. The van der Waals surface area contributed by atoms with Crippen molar-refractivity contribution < 1.29 is 23.5 Å². The van der Waals surface area contributed by atoms with Crippen LogP contribution in [0.25, 0.3) is 17.3 Å². The summed E-state index contributed by atoms with van der Waals surface area (Å²) >= 11 is 0.796. The number of hydrogen-bond acceptors (Lipinski definition) is 8. The Labute approximate surface area is 216 Å². The molecule has 0 spiro atoms. The van der Waals surface area contributed by atoms with Crippen LogP contribution in [0.4, 0.5) is 19.8 Å². The summed E-state index contributed by atoms with van der Waals surface area (Å²) in [4.78, 5) is 48.7. The molecule has 5 rings (SSSR count). The zero-order valence-electron chi connectivity index (χ0n) is 19.6. The van der Waals surface area contributed by atoms with Gasteiger partial charge < -0.3 is 14.5 Å². The lowest BCUT2D eigenvalue weighted by atomic mass is 10.1. The fourth-order valence-corrected chi connectivity index (χ4v) is 4.70. The van der Waals surface area contributed by atoms with Gasteiger partial charge in [0.1, 0.15) is 17.4 Å². The number of halogens is 1. The molecule has 1 N–H and O–H groups in total. The van der Waals surface area contributed by atoms with Crippen LogP contribution in [0, 0.1) is 5.82 Å². The minimum atomic E-state index is -0.487. The summed E-state index contributed by atoms with van der Waals surface area (Å²) in [6.45, 7) is 2.13. The largest absolute Gasteiger partial charge is 0.415 e. The predicted molar refractivity (Wildman–Crippen MR) is 137 cm³/mol. The number of imide groups is 1. The van der Waals surface area contributed by atoms with Gasteiger partial charge in [-0.1, -0.05) is 24.3 Å². The molecule has 0 bridgehead atoms. The summed E-state index contributed by atoms with van der Waals surface area (Å²) in [7, 11) is 0. The highest BCUT2D eigenvalue weighted by Gasteiger charge is 2.25. The monoisotopic (exact) mass is 519 g/mol. The minimum absolute atomic E-state index is 0.223. The Morgan fingerprint density at radius 2 is 1.89 bits per heavy atom. The van der Waals surface area contributed by atoms with E-state index in [1.54, 1.807) is 41.4 Å². The lowest BCUT2D eigenvalue weighted by Crippen LogP contribution is -2.37. The number of carbonyl (C=O) groups excluding carboxylic acids is 3. The Kier molecular flexibility index (Phi) is 7.13. The van der Waals surface area contributed by atoms with Gasteiger partial charge in [0.2, 0.25) is 0 Å². The summed E-state index contributed by atoms with van der Waals surface area (Å²) in [6.07, 6.45) is 4.91. The molecule has 2 fully saturated rings. The van der Waals surface area contributed by atoms with Crippen LogP contribution < -0.4 is 15.0 Å². The van der Waals surface area contributed by atoms with E-state index in [4.69, 9.17) is 4.74 Å². The van der Waals surface area contributed by atoms with Gasteiger partial charge in [0.25, 0.3) is 11.1 Å². The Bertz CT molecular complexity index is 1380. The molecule has 3 aromatic rings. The van der Waals surface area contributed by atoms with Crippen LogP contribution in [-0.2, 0) is 4.79 Å². The molecule has 37 heavy (non-hydrogen) atoms. The van der Waals surface area contributed by atoms with Gasteiger partial charge in [-0.25, -0.2) is 14.2 Å². The van der Waals surface area contributed by atoms with Crippen molar-refractivity contribution in [3.63, 3.8) is 0 Å². The van der Waals surface area contributed by atoms with Gasteiger partial charge in [-0.15, -0.1) is 0 Å². The minimum Gasteiger partial charge on any atom is -0.410 e. The average Bonchev–Trinajstić information content (AvgIpc) is 3.08. The number of anilines is 1. The van der Waals surface area contributed by atoms with E-state index in [1.807, 2.05) is 11.0 Å². The van der Waals surface area contributed by atoms with Gasteiger partial charge in [-0.2, -0.15) is 0 Å². The first kappa shape index (κ1) is 24.4. The molecule has 188 valence electrons. The van der Waals surface area contributed by atoms with Crippen molar-refractivity contribution in [2.24, 2.45) is 0 Å². The molecule has 9 nitrogen and oxygen atoms in total. The van der Waals surface area contributed by atoms with Crippen molar-refractivity contribution in [1.82, 2.24) is 20.2 Å². The van der Waals surface area contributed by atoms with Crippen molar-refractivity contribution in [3.8, 4) is 17.0 Å². The maximum atomic E-state index is 14.8. The Balaban J connectivity index is 1.31. The highest BCUT2D eigenvalue weighted by molar-refractivity contribution is 8.18. The molecule has 11 heteroatoms. The van der Waals surface area contributed by atoms with Gasteiger partial charge in [-0.3, -0.25) is 19.9 Å². The molecule has 0 atom stereocenters. The van der Waals surface area contributed by atoms with Gasteiger partial charge >= 0.3 is 6.09 Å². The zero-order valence-corrected chi connectivity index (χ0v) is 20.4. The van der Waals surface area contributed by atoms with Crippen LogP contribution in [0.3, 0.4) is 0 Å². The quantitative estimate of drug-likeness (QED) is 0.509. The third-order valence-electron chi connectivity index (χ3n) is 5.85. The summed E-state index contributed by atoms with van der Waals surface area (Å²) in [5.74, 6) is 0.0884. The number of benzene rings is 2. The molecule has 0 aliphatic carbocycles. The summed E-state index contributed by atoms with van der Waals surface area (Å²) in [5.41, 5.74) is 1.11. The van der Waals surface area contributed by atoms with E-state index in [0.29, 0.717) is 55.4 Å². The van der Waals surface area contributed by atoms with E-state index < -0.39 is 23.1 Å². The third-order valence-corrected chi connectivity index (χ3v) is 6.67. The molecule has 1 aromatic heterocycles. The fourth-order valence-electron chi connectivity index (χ4n) is 4.02. The van der Waals surface area contributed by atoms with Crippen LogP contribution in [-0.4, -0.2) is 58.3 Å². The molecule has 3 heterocycles. The average molecular weight is 520 g/mol. The standard InChI is InChI=1S/C26H22FN5O4S/c27-20-8-7-17(14-22-24(33)30-25(34)37-22)13-19(20)21-15-28-16-23(29-21)31-9-4-10-32(12-11-31)26(35)36-18-5-2-1-3-6-18/h1-3,5-8,13-16H,4,9-12H2,(H,30,33,34)/b22-14-. The van der Waals surface area contributed by atoms with E-state index in [1.165, 1.54) is 24.4 Å². The Morgan fingerprint density at radius 3 is 2.68 bits per heavy atom. The maximum absolute atomic E-state index is 14.8. The lowest BCUT2D eigenvalue weighted by Gasteiger charge is -2.22. The normalized spacial score (nSPS) is 17.1. The second-order valence-electron chi connectivity index (χ2n) is 8.36. The summed E-state index contributed by atoms with van der Waals surface area (Å²) < 4.78 is 20.2. The number of carbonyl (C=O) groups is 3. The van der Waals surface area contributed by atoms with Gasteiger partial charge in [0.05, 0.1) is 23.0 Å².